The number of nitrogen functional groups attached to an aromatic ring is 1. The van der Waals surface area contributed by atoms with Crippen molar-refractivity contribution >= 4 is 46.3 Å². The Morgan fingerprint density at radius 1 is 1.04 bits per heavy atom. The van der Waals surface area contributed by atoms with Gasteiger partial charge < -0.3 is 11.1 Å². The molecule has 0 fully saturated rings. The highest BCUT2D eigenvalue weighted by Crippen LogP contribution is 2.40. The summed E-state index contributed by atoms with van der Waals surface area (Å²) in [6, 6.07) is 14.7. The average Bonchev–Trinajstić information content (AvgIpc) is 3.41. The van der Waals surface area contributed by atoms with Crippen LogP contribution in [-0.2, 0) is 6.54 Å². The van der Waals surface area contributed by atoms with Gasteiger partial charge in [0.1, 0.15) is 5.82 Å². The van der Waals surface area contributed by atoms with E-state index in [1.165, 1.54) is 25.8 Å². The first kappa shape index (κ1) is 16.2. The van der Waals surface area contributed by atoms with E-state index in [0.29, 0.717) is 5.82 Å². The third kappa shape index (κ3) is 3.11. The molecule has 1 aromatic carbocycles. The summed E-state index contributed by atoms with van der Waals surface area (Å²) in [5.74, 6) is 0.926. The third-order valence-electron chi connectivity index (χ3n) is 4.35. The molecule has 132 valence electrons. The maximum absolute atomic E-state index is 5.69. The van der Waals surface area contributed by atoms with E-state index in [-0.39, 0.29) is 5.95 Å². The Bertz CT molecular complexity index is 1150. The van der Waals surface area contributed by atoms with Crippen LogP contribution in [0.3, 0.4) is 0 Å². The zero-order valence-corrected chi connectivity index (χ0v) is 15.8. The molecule has 5 nitrogen and oxygen atoms in total. The van der Waals surface area contributed by atoms with E-state index < -0.39 is 0 Å². The molecule has 0 aliphatic carbocycles. The quantitative estimate of drug-likeness (QED) is 0.503. The van der Waals surface area contributed by atoms with Gasteiger partial charge in [-0.2, -0.15) is 4.98 Å². The molecule has 0 saturated carbocycles. The van der Waals surface area contributed by atoms with E-state index in [4.69, 9.17) is 5.73 Å². The van der Waals surface area contributed by atoms with Gasteiger partial charge in [0.2, 0.25) is 5.95 Å². The van der Waals surface area contributed by atoms with Crippen LogP contribution in [0.5, 0.6) is 0 Å². The number of aromatic nitrogens is 2. The van der Waals surface area contributed by atoms with Crippen molar-refractivity contribution in [3.63, 3.8) is 0 Å². The minimum atomic E-state index is 0.252. The Hall–Kier alpha value is -3.03. The van der Waals surface area contributed by atoms with Gasteiger partial charge in [0, 0.05) is 38.3 Å². The lowest BCUT2D eigenvalue weighted by Crippen LogP contribution is -2.00. The number of thiophene rings is 2. The predicted octanol–water partition coefficient (Wildman–Crippen LogP) is 5.19. The van der Waals surface area contributed by atoms with Gasteiger partial charge in [-0.15, -0.1) is 22.7 Å². The Labute approximate surface area is 164 Å². The first-order valence-electron chi connectivity index (χ1n) is 8.43. The van der Waals surface area contributed by atoms with Gasteiger partial charge in [0.25, 0.3) is 0 Å². The van der Waals surface area contributed by atoms with Gasteiger partial charge >= 0.3 is 0 Å². The van der Waals surface area contributed by atoms with Crippen LogP contribution < -0.4 is 11.1 Å². The van der Waals surface area contributed by atoms with Gasteiger partial charge in [-0.05, 0) is 52.9 Å². The van der Waals surface area contributed by atoms with Crippen LogP contribution in [0, 0.1) is 0 Å². The summed E-state index contributed by atoms with van der Waals surface area (Å²) in [5, 5.41) is 5.44. The zero-order chi connectivity index (χ0) is 18.2. The summed E-state index contributed by atoms with van der Waals surface area (Å²) < 4.78 is 0. The number of nitrogens with zero attached hydrogens (tertiary/aromatic N) is 3. The van der Waals surface area contributed by atoms with Crippen molar-refractivity contribution in [1.82, 2.24) is 9.97 Å². The van der Waals surface area contributed by atoms with Crippen molar-refractivity contribution in [3.8, 4) is 20.2 Å². The Morgan fingerprint density at radius 2 is 1.96 bits per heavy atom. The maximum atomic E-state index is 5.69. The van der Waals surface area contributed by atoms with Crippen molar-refractivity contribution in [2.24, 2.45) is 4.99 Å². The molecule has 0 atom stereocenters. The second kappa shape index (κ2) is 6.61. The van der Waals surface area contributed by atoms with Gasteiger partial charge in [0.15, 0.2) is 0 Å². The molecule has 1 aliphatic rings. The van der Waals surface area contributed by atoms with E-state index in [2.05, 4.69) is 62.1 Å². The molecule has 0 bridgehead atoms. The number of rotatable bonds is 4. The minimum absolute atomic E-state index is 0.252. The highest BCUT2D eigenvalue weighted by molar-refractivity contribution is 7.23. The highest BCUT2D eigenvalue weighted by atomic mass is 32.1. The van der Waals surface area contributed by atoms with E-state index in [1.54, 1.807) is 23.6 Å². The Balaban J connectivity index is 1.55. The average molecular weight is 390 g/mol. The van der Waals surface area contributed by atoms with Crippen LogP contribution in [0.25, 0.3) is 20.2 Å². The zero-order valence-electron chi connectivity index (χ0n) is 14.2. The van der Waals surface area contributed by atoms with Crippen molar-refractivity contribution in [2.45, 2.75) is 6.54 Å². The molecule has 4 heterocycles. The van der Waals surface area contributed by atoms with Crippen molar-refractivity contribution < 1.29 is 0 Å². The Kier molecular flexibility index (Phi) is 3.95. The topological polar surface area (TPSA) is 76.2 Å². The lowest BCUT2D eigenvalue weighted by atomic mass is 10.0. The monoisotopic (exact) mass is 389 g/mol. The molecule has 4 aromatic rings. The summed E-state index contributed by atoms with van der Waals surface area (Å²) in [7, 11) is 0. The highest BCUT2D eigenvalue weighted by Gasteiger charge is 2.17. The third-order valence-corrected chi connectivity index (χ3v) is 6.53. The molecule has 0 amide bonds. The number of hydrogen-bond donors (Lipinski definition) is 2. The fourth-order valence-corrected chi connectivity index (χ4v) is 5.02. The van der Waals surface area contributed by atoms with Crippen molar-refractivity contribution in [2.75, 3.05) is 11.1 Å². The van der Waals surface area contributed by atoms with Crippen LogP contribution in [0.15, 0.2) is 59.0 Å². The van der Waals surface area contributed by atoms with Crippen LogP contribution >= 0.6 is 22.7 Å². The van der Waals surface area contributed by atoms with E-state index in [0.717, 1.165) is 17.8 Å². The molecule has 0 unspecified atom stereocenters. The number of aliphatic imine (C=N–C) groups is 1. The van der Waals surface area contributed by atoms with E-state index in [1.807, 2.05) is 17.6 Å². The first-order chi connectivity index (χ1) is 13.3. The van der Waals surface area contributed by atoms with Crippen molar-refractivity contribution in [3.05, 3.63) is 65.2 Å². The molecular formula is C20H15N5S2. The van der Waals surface area contributed by atoms with Crippen molar-refractivity contribution in [1.29, 1.82) is 0 Å². The van der Waals surface area contributed by atoms with Crippen LogP contribution in [-0.4, -0.2) is 16.2 Å². The van der Waals surface area contributed by atoms with Gasteiger partial charge in [-0.1, -0.05) is 6.07 Å². The normalized spacial score (nSPS) is 12.3. The Morgan fingerprint density at radius 3 is 2.81 bits per heavy atom. The second-order valence-corrected chi connectivity index (χ2v) is 8.16. The first-order valence-corrected chi connectivity index (χ1v) is 10.1. The summed E-state index contributed by atoms with van der Waals surface area (Å²) in [6.45, 7) is 0.720. The molecule has 0 spiro atoms. The molecular weight excluding hydrogens is 374 g/mol. The van der Waals surface area contributed by atoms with Crippen LogP contribution in [0.2, 0.25) is 0 Å². The number of fused-ring (bicyclic) bond motifs is 1. The molecule has 0 radical (unpaired) electrons. The maximum Gasteiger partial charge on any atom is 0.221 e. The van der Waals surface area contributed by atoms with E-state index >= 15 is 0 Å². The molecule has 0 saturated heterocycles. The number of benzene rings is 1. The van der Waals surface area contributed by atoms with E-state index in [9.17, 15) is 0 Å². The second-order valence-electron chi connectivity index (χ2n) is 6.13. The molecule has 3 aromatic heterocycles. The SMILES string of the molecule is Nc1nccc(Nc2cc3c(c(-c4ccc(-c5cccs5)s4)c2)CN=C3)n1. The lowest BCUT2D eigenvalue weighted by Gasteiger charge is -2.12. The largest absolute Gasteiger partial charge is 0.368 e. The molecule has 3 N–H and O–H groups in total. The number of hydrogen-bond acceptors (Lipinski definition) is 7. The smallest absolute Gasteiger partial charge is 0.221 e. The minimum Gasteiger partial charge on any atom is -0.368 e. The summed E-state index contributed by atoms with van der Waals surface area (Å²) in [5.41, 5.74) is 10.3. The van der Waals surface area contributed by atoms with Crippen LogP contribution in [0.4, 0.5) is 17.5 Å². The molecule has 5 rings (SSSR count). The van der Waals surface area contributed by atoms with Gasteiger partial charge in [-0.25, -0.2) is 4.98 Å². The number of nitrogens with one attached hydrogen (secondary N) is 1. The van der Waals surface area contributed by atoms with Gasteiger partial charge in [0.05, 0.1) is 6.54 Å². The van der Waals surface area contributed by atoms with Gasteiger partial charge in [-0.3, -0.25) is 4.99 Å². The predicted molar refractivity (Wildman–Crippen MR) is 114 cm³/mol. The number of anilines is 3. The lowest BCUT2D eigenvalue weighted by molar-refractivity contribution is 1.11. The fourth-order valence-electron chi connectivity index (χ4n) is 3.14. The number of nitrogens with two attached hydrogens (primary N) is 1. The molecule has 27 heavy (non-hydrogen) atoms. The molecule has 7 heteroatoms. The summed E-state index contributed by atoms with van der Waals surface area (Å²) in [6.07, 6.45) is 3.58. The standard InChI is InChI=1S/C20H15N5S2/c21-20-23-6-5-19(25-20)24-13-8-12-10-22-11-15(12)14(9-13)16-3-4-18(27-16)17-2-1-7-26-17/h1-10H,11H2,(H3,21,23,24,25). The molecule has 1 aliphatic heterocycles. The fraction of sp³-hybridized carbons (Fsp3) is 0.0500. The van der Waals surface area contributed by atoms with Crippen LogP contribution in [0.1, 0.15) is 11.1 Å². The summed E-state index contributed by atoms with van der Waals surface area (Å²) >= 11 is 3.57. The summed E-state index contributed by atoms with van der Waals surface area (Å²) in [4.78, 5) is 16.5.